The summed E-state index contributed by atoms with van der Waals surface area (Å²) in [6.07, 6.45) is 0. The molecule has 9 heteroatoms. The van der Waals surface area contributed by atoms with Crippen molar-refractivity contribution >= 4 is 17.7 Å². The molecule has 146 valence electrons. The smallest absolute Gasteiger partial charge is 0.338 e. The van der Waals surface area contributed by atoms with Crippen molar-refractivity contribution in [3.63, 3.8) is 0 Å². The minimum atomic E-state index is -0.761. The molecule has 1 heterocycles. The van der Waals surface area contributed by atoms with Crippen LogP contribution < -0.4 is 5.32 Å². The summed E-state index contributed by atoms with van der Waals surface area (Å²) < 4.78 is 10.2. The summed E-state index contributed by atoms with van der Waals surface area (Å²) in [5.41, 5.74) is 1.25. The van der Waals surface area contributed by atoms with Crippen molar-refractivity contribution in [3.8, 4) is 0 Å². The second kappa shape index (κ2) is 8.63. The summed E-state index contributed by atoms with van der Waals surface area (Å²) >= 11 is 0. The summed E-state index contributed by atoms with van der Waals surface area (Å²) in [6, 6.07) is 4.43. The first-order valence-corrected chi connectivity index (χ1v) is 8.48. The molecule has 0 saturated heterocycles. The van der Waals surface area contributed by atoms with Crippen molar-refractivity contribution in [2.24, 2.45) is 0 Å². The molecule has 2 rings (SSSR count). The average molecular weight is 377 g/mol. The summed E-state index contributed by atoms with van der Waals surface area (Å²) in [5.74, 6) is -0.571. The monoisotopic (exact) mass is 377 g/mol. The Balaban J connectivity index is 2.44. The van der Waals surface area contributed by atoms with Crippen LogP contribution >= 0.6 is 0 Å². The highest BCUT2D eigenvalue weighted by atomic mass is 16.6. The SMILES string of the molecule is COCCOC(=O)C1=C(C)N(C(C)C)C(=O)N[C@H]1c1ccc([N+](=O)[O-])cc1. The topological polar surface area (TPSA) is 111 Å². The van der Waals surface area contributed by atoms with E-state index in [-0.39, 0.29) is 36.5 Å². The zero-order chi connectivity index (χ0) is 20.1. The van der Waals surface area contributed by atoms with Gasteiger partial charge in [-0.25, -0.2) is 9.59 Å². The highest BCUT2D eigenvalue weighted by Crippen LogP contribution is 2.33. The van der Waals surface area contributed by atoms with E-state index < -0.39 is 16.9 Å². The van der Waals surface area contributed by atoms with Crippen LogP contribution in [0, 0.1) is 10.1 Å². The van der Waals surface area contributed by atoms with E-state index >= 15 is 0 Å². The van der Waals surface area contributed by atoms with Gasteiger partial charge in [0.05, 0.1) is 23.1 Å². The lowest BCUT2D eigenvalue weighted by Crippen LogP contribution is -2.50. The molecule has 0 saturated carbocycles. The minimum Gasteiger partial charge on any atom is -0.460 e. The third kappa shape index (κ3) is 4.43. The number of urea groups is 1. The molecule has 0 unspecified atom stereocenters. The summed E-state index contributed by atoms with van der Waals surface area (Å²) in [7, 11) is 1.50. The van der Waals surface area contributed by atoms with Crippen molar-refractivity contribution in [2.75, 3.05) is 20.3 Å². The molecule has 1 atom stereocenters. The van der Waals surface area contributed by atoms with Crippen LogP contribution in [0.25, 0.3) is 0 Å². The van der Waals surface area contributed by atoms with Gasteiger partial charge in [0, 0.05) is 31.0 Å². The Morgan fingerprint density at radius 2 is 1.93 bits per heavy atom. The minimum absolute atomic E-state index is 0.0744. The summed E-state index contributed by atoms with van der Waals surface area (Å²) in [6.45, 7) is 5.69. The number of non-ortho nitro benzene ring substituents is 1. The van der Waals surface area contributed by atoms with Crippen LogP contribution in [-0.4, -0.2) is 48.2 Å². The van der Waals surface area contributed by atoms with E-state index in [2.05, 4.69) is 5.32 Å². The van der Waals surface area contributed by atoms with E-state index in [1.54, 1.807) is 6.92 Å². The van der Waals surface area contributed by atoms with Gasteiger partial charge < -0.3 is 14.8 Å². The highest BCUT2D eigenvalue weighted by Gasteiger charge is 2.37. The fourth-order valence-corrected chi connectivity index (χ4v) is 2.98. The molecule has 0 spiro atoms. The molecular weight excluding hydrogens is 354 g/mol. The molecular formula is C18H23N3O6. The number of benzene rings is 1. The number of nitro groups is 1. The first kappa shape index (κ1) is 20.4. The van der Waals surface area contributed by atoms with Crippen molar-refractivity contribution < 1.29 is 24.0 Å². The number of carbonyl (C=O) groups is 2. The molecule has 0 fully saturated rings. The van der Waals surface area contributed by atoms with E-state index in [9.17, 15) is 19.7 Å². The number of nitrogens with zero attached hydrogens (tertiary/aromatic N) is 2. The molecule has 0 bridgehead atoms. The highest BCUT2D eigenvalue weighted by molar-refractivity contribution is 5.95. The van der Waals surface area contributed by atoms with Crippen LogP contribution in [0.4, 0.5) is 10.5 Å². The summed E-state index contributed by atoms with van der Waals surface area (Å²) in [4.78, 5) is 37.1. The second-order valence-electron chi connectivity index (χ2n) is 6.32. The van der Waals surface area contributed by atoms with E-state index in [0.29, 0.717) is 11.3 Å². The number of allylic oxidation sites excluding steroid dienone is 1. The third-order valence-electron chi connectivity index (χ3n) is 4.22. The molecule has 1 aromatic carbocycles. The van der Waals surface area contributed by atoms with Gasteiger partial charge in [0.2, 0.25) is 0 Å². The number of esters is 1. The number of hydrogen-bond donors (Lipinski definition) is 1. The zero-order valence-electron chi connectivity index (χ0n) is 15.7. The van der Waals surface area contributed by atoms with Crippen LogP contribution in [0.5, 0.6) is 0 Å². The van der Waals surface area contributed by atoms with Crippen molar-refractivity contribution in [3.05, 3.63) is 51.2 Å². The first-order chi connectivity index (χ1) is 12.8. The largest absolute Gasteiger partial charge is 0.460 e. The molecule has 27 heavy (non-hydrogen) atoms. The third-order valence-corrected chi connectivity index (χ3v) is 4.22. The van der Waals surface area contributed by atoms with Gasteiger partial charge in [-0.1, -0.05) is 0 Å². The molecule has 9 nitrogen and oxygen atoms in total. The van der Waals surface area contributed by atoms with Gasteiger partial charge in [-0.05, 0) is 38.5 Å². The van der Waals surface area contributed by atoms with Gasteiger partial charge in [0.1, 0.15) is 6.61 Å². The number of rotatable bonds is 7. The Labute approximate surface area is 157 Å². The maximum absolute atomic E-state index is 12.7. The van der Waals surface area contributed by atoms with Crippen LogP contribution in [0.1, 0.15) is 32.4 Å². The number of methoxy groups -OCH3 is 1. The van der Waals surface area contributed by atoms with Gasteiger partial charge in [-0.2, -0.15) is 0 Å². The zero-order valence-corrected chi connectivity index (χ0v) is 15.7. The van der Waals surface area contributed by atoms with Crippen LogP contribution in [0.15, 0.2) is 35.5 Å². The molecule has 1 aliphatic heterocycles. The number of carbonyl (C=O) groups excluding carboxylic acids is 2. The first-order valence-electron chi connectivity index (χ1n) is 8.48. The Hall–Kier alpha value is -2.94. The van der Waals surface area contributed by atoms with E-state index in [4.69, 9.17) is 9.47 Å². The number of hydrogen-bond acceptors (Lipinski definition) is 6. The van der Waals surface area contributed by atoms with Gasteiger partial charge in [-0.3, -0.25) is 15.0 Å². The van der Waals surface area contributed by atoms with Gasteiger partial charge in [-0.15, -0.1) is 0 Å². The summed E-state index contributed by atoms with van der Waals surface area (Å²) in [5, 5.41) is 13.7. The van der Waals surface area contributed by atoms with Crippen LogP contribution in [0.2, 0.25) is 0 Å². The van der Waals surface area contributed by atoms with E-state index in [0.717, 1.165) is 0 Å². The maximum Gasteiger partial charge on any atom is 0.338 e. The number of nitrogens with one attached hydrogen (secondary N) is 1. The number of ether oxygens (including phenoxy) is 2. The molecule has 1 aromatic rings. The Kier molecular flexibility index (Phi) is 6.51. The molecule has 1 N–H and O–H groups in total. The molecule has 2 amide bonds. The predicted molar refractivity (Wildman–Crippen MR) is 96.9 cm³/mol. The van der Waals surface area contributed by atoms with Crippen LogP contribution in [0.3, 0.4) is 0 Å². The fourth-order valence-electron chi connectivity index (χ4n) is 2.98. The average Bonchev–Trinajstić information content (AvgIpc) is 2.61. The standard InChI is InChI=1S/C18H23N3O6/c1-11(2)20-12(3)15(17(22)27-10-9-26-4)16(19-18(20)23)13-5-7-14(8-6-13)21(24)25/h5-8,11,16H,9-10H2,1-4H3,(H,19,23)/t16-/m0/s1. The second-order valence-corrected chi connectivity index (χ2v) is 6.32. The number of amides is 2. The fraction of sp³-hybridized carbons (Fsp3) is 0.444. The lowest BCUT2D eigenvalue weighted by atomic mass is 9.94. The Morgan fingerprint density at radius 3 is 2.44 bits per heavy atom. The Morgan fingerprint density at radius 1 is 1.30 bits per heavy atom. The van der Waals surface area contributed by atoms with Crippen LogP contribution in [-0.2, 0) is 14.3 Å². The van der Waals surface area contributed by atoms with Gasteiger partial charge in [0.25, 0.3) is 5.69 Å². The van der Waals surface area contributed by atoms with E-state index in [1.165, 1.54) is 36.3 Å². The van der Waals surface area contributed by atoms with E-state index in [1.807, 2.05) is 13.8 Å². The van der Waals surface area contributed by atoms with Gasteiger partial charge >= 0.3 is 12.0 Å². The lowest BCUT2D eigenvalue weighted by molar-refractivity contribution is -0.384. The van der Waals surface area contributed by atoms with Crippen molar-refractivity contribution in [1.82, 2.24) is 10.2 Å². The lowest BCUT2D eigenvalue weighted by Gasteiger charge is -2.37. The normalized spacial score (nSPS) is 17.1. The quantitative estimate of drug-likeness (QED) is 0.338. The van der Waals surface area contributed by atoms with Gasteiger partial charge in [0.15, 0.2) is 0 Å². The maximum atomic E-state index is 12.7. The predicted octanol–water partition coefficient (Wildman–Crippen LogP) is 2.53. The molecule has 0 aromatic heterocycles. The molecule has 1 aliphatic rings. The Bertz CT molecular complexity index is 757. The molecule has 0 aliphatic carbocycles. The number of nitro benzene ring substituents is 1. The van der Waals surface area contributed by atoms with Crippen molar-refractivity contribution in [2.45, 2.75) is 32.9 Å². The van der Waals surface area contributed by atoms with Crippen molar-refractivity contribution in [1.29, 1.82) is 0 Å². The molecule has 0 radical (unpaired) electrons.